The predicted molar refractivity (Wildman–Crippen MR) is 127 cm³/mol. The summed E-state index contributed by atoms with van der Waals surface area (Å²) < 4.78 is 43.5. The van der Waals surface area contributed by atoms with Crippen LogP contribution in [0.2, 0.25) is 0 Å². The number of hydrogen-bond donors (Lipinski definition) is 0. The van der Waals surface area contributed by atoms with Gasteiger partial charge in [0.25, 0.3) is 0 Å². The molecule has 1 fully saturated rings. The van der Waals surface area contributed by atoms with Crippen molar-refractivity contribution in [2.45, 2.75) is 64.5 Å². The summed E-state index contributed by atoms with van der Waals surface area (Å²) in [6.45, 7) is 2.03. The summed E-state index contributed by atoms with van der Waals surface area (Å²) in [6.07, 6.45) is 2.52. The number of carbonyl (C=O) groups is 2. The van der Waals surface area contributed by atoms with Crippen molar-refractivity contribution in [1.29, 1.82) is 0 Å². The number of aryl methyl sites for hydroxylation is 3. The minimum absolute atomic E-state index is 0.0384. The average molecular weight is 486 g/mol. The molecule has 0 amide bonds. The van der Waals surface area contributed by atoms with Gasteiger partial charge in [-0.15, -0.1) is 0 Å². The second-order valence-corrected chi connectivity index (χ2v) is 9.71. The van der Waals surface area contributed by atoms with Crippen LogP contribution in [-0.4, -0.2) is 30.0 Å². The maximum atomic E-state index is 12.9. The fourth-order valence-corrected chi connectivity index (χ4v) is 5.12. The topological polar surface area (TPSA) is 56.3 Å². The molecule has 0 atom stereocenters. The minimum Gasteiger partial charge on any atom is -0.466 e. The monoisotopic (exact) mass is 485 g/mol. The number of ether oxygens (including phenoxy) is 1. The van der Waals surface area contributed by atoms with Crippen molar-refractivity contribution < 1.29 is 27.5 Å². The van der Waals surface area contributed by atoms with Crippen molar-refractivity contribution >= 4 is 17.8 Å². The second kappa shape index (κ2) is 10.3. The zero-order valence-corrected chi connectivity index (χ0v) is 20.1. The molecule has 4 nitrogen and oxygen atoms in total. The third-order valence-corrected chi connectivity index (χ3v) is 7.32. The fourth-order valence-electron chi connectivity index (χ4n) is 5.12. The van der Waals surface area contributed by atoms with Crippen molar-refractivity contribution in [3.05, 3.63) is 69.5 Å². The highest BCUT2D eigenvalue weighted by molar-refractivity contribution is 5.96. The van der Waals surface area contributed by atoms with Gasteiger partial charge in [0.15, 0.2) is 0 Å². The third kappa shape index (κ3) is 6.00. The standard InChI is InChI=1S/C28H30F3NO3/c1-17-3-4-18(13-26(33)20-7-9-24(10-8-20)28(29,30)31)11-21(17)6-5-19-12-22-14-23(27(34)35-2)15-25(22)32-16-19/h3-4,11-12,14,16,20,24H,5-10,13,15H2,1-2H3. The maximum absolute atomic E-state index is 12.9. The van der Waals surface area contributed by atoms with E-state index in [4.69, 9.17) is 4.74 Å². The maximum Gasteiger partial charge on any atom is 0.391 e. The molecule has 0 spiro atoms. The smallest absolute Gasteiger partial charge is 0.391 e. The molecule has 186 valence electrons. The van der Waals surface area contributed by atoms with Crippen molar-refractivity contribution in [2.24, 2.45) is 11.8 Å². The Kier molecular flexibility index (Phi) is 7.43. The molecule has 1 saturated carbocycles. The molecule has 0 bridgehead atoms. The van der Waals surface area contributed by atoms with E-state index in [-0.39, 0.29) is 36.9 Å². The lowest BCUT2D eigenvalue weighted by Crippen LogP contribution is -2.30. The molecule has 1 heterocycles. The van der Waals surface area contributed by atoms with Crippen LogP contribution in [0, 0.1) is 18.8 Å². The first kappa shape index (κ1) is 25.1. The lowest BCUT2D eigenvalue weighted by Gasteiger charge is -2.29. The number of hydrogen-bond acceptors (Lipinski definition) is 4. The zero-order valence-electron chi connectivity index (χ0n) is 20.1. The van der Waals surface area contributed by atoms with E-state index < -0.39 is 12.1 Å². The molecular formula is C28H30F3NO3. The van der Waals surface area contributed by atoms with Gasteiger partial charge in [-0.1, -0.05) is 18.2 Å². The number of ketones is 1. The summed E-state index contributed by atoms with van der Waals surface area (Å²) in [6, 6.07) is 8.04. The Bertz CT molecular complexity index is 1140. The average Bonchev–Trinajstić information content (AvgIpc) is 3.27. The van der Waals surface area contributed by atoms with Crippen LogP contribution in [0.4, 0.5) is 13.2 Å². The Labute approximate surface area is 203 Å². The second-order valence-electron chi connectivity index (χ2n) is 9.71. The summed E-state index contributed by atoms with van der Waals surface area (Å²) >= 11 is 0. The number of nitrogens with zero attached hydrogens (tertiary/aromatic N) is 1. The highest BCUT2D eigenvalue weighted by Gasteiger charge is 2.42. The summed E-state index contributed by atoms with van der Waals surface area (Å²) in [5.41, 5.74) is 6.66. The number of Topliss-reactive ketones (excluding diaryl/α,β-unsaturated/α-hetero) is 1. The van der Waals surface area contributed by atoms with Gasteiger partial charge < -0.3 is 4.74 Å². The van der Waals surface area contributed by atoms with E-state index in [0.29, 0.717) is 24.8 Å². The van der Waals surface area contributed by atoms with Crippen LogP contribution in [0.5, 0.6) is 0 Å². The Morgan fingerprint density at radius 3 is 2.49 bits per heavy atom. The first-order chi connectivity index (χ1) is 16.6. The molecule has 2 aliphatic rings. The Balaban J connectivity index is 1.36. The van der Waals surface area contributed by atoms with Gasteiger partial charge in [-0.3, -0.25) is 9.78 Å². The van der Waals surface area contributed by atoms with Crippen LogP contribution in [0.3, 0.4) is 0 Å². The Morgan fingerprint density at radius 2 is 1.80 bits per heavy atom. The van der Waals surface area contributed by atoms with E-state index in [1.807, 2.05) is 37.4 Å². The molecule has 2 aromatic rings. The van der Waals surface area contributed by atoms with E-state index in [9.17, 15) is 22.8 Å². The van der Waals surface area contributed by atoms with Gasteiger partial charge in [0.1, 0.15) is 5.78 Å². The molecule has 0 saturated heterocycles. The highest BCUT2D eigenvalue weighted by Crippen LogP contribution is 2.40. The van der Waals surface area contributed by atoms with Crippen LogP contribution < -0.4 is 0 Å². The molecule has 4 rings (SSSR count). The van der Waals surface area contributed by atoms with E-state index >= 15 is 0 Å². The number of alkyl halides is 3. The largest absolute Gasteiger partial charge is 0.466 e. The first-order valence-corrected chi connectivity index (χ1v) is 12.1. The molecule has 0 N–H and O–H groups in total. The van der Waals surface area contributed by atoms with Crippen molar-refractivity contribution in [3.63, 3.8) is 0 Å². The summed E-state index contributed by atoms with van der Waals surface area (Å²) in [5, 5.41) is 0. The molecule has 2 aliphatic carbocycles. The van der Waals surface area contributed by atoms with Gasteiger partial charge >= 0.3 is 12.1 Å². The minimum atomic E-state index is -4.16. The molecule has 0 unspecified atom stereocenters. The third-order valence-electron chi connectivity index (χ3n) is 7.32. The number of carbonyl (C=O) groups excluding carboxylic acids is 2. The number of benzene rings is 1. The summed E-state index contributed by atoms with van der Waals surface area (Å²) in [5.74, 6) is -1.84. The lowest BCUT2D eigenvalue weighted by atomic mass is 9.78. The van der Waals surface area contributed by atoms with E-state index in [1.54, 1.807) is 0 Å². The quantitative estimate of drug-likeness (QED) is 0.468. The molecule has 1 aromatic heterocycles. The van der Waals surface area contributed by atoms with Crippen LogP contribution in [-0.2, 0) is 40.0 Å². The number of methoxy groups -OCH3 is 1. The molecule has 7 heteroatoms. The van der Waals surface area contributed by atoms with Crippen molar-refractivity contribution in [3.8, 4) is 0 Å². The molecular weight excluding hydrogens is 455 g/mol. The van der Waals surface area contributed by atoms with Crippen LogP contribution in [0.25, 0.3) is 6.08 Å². The predicted octanol–water partition coefficient (Wildman–Crippen LogP) is 5.77. The first-order valence-electron chi connectivity index (χ1n) is 12.1. The summed E-state index contributed by atoms with van der Waals surface area (Å²) in [4.78, 5) is 29.1. The van der Waals surface area contributed by atoms with E-state index in [1.165, 1.54) is 7.11 Å². The van der Waals surface area contributed by atoms with Gasteiger partial charge in [0.05, 0.1) is 18.7 Å². The summed E-state index contributed by atoms with van der Waals surface area (Å²) in [7, 11) is 1.37. The van der Waals surface area contributed by atoms with Crippen LogP contribution in [0.1, 0.15) is 59.2 Å². The van der Waals surface area contributed by atoms with Crippen molar-refractivity contribution in [2.75, 3.05) is 7.11 Å². The van der Waals surface area contributed by atoms with Gasteiger partial charge in [-0.25, -0.2) is 4.79 Å². The lowest BCUT2D eigenvalue weighted by molar-refractivity contribution is -0.184. The van der Waals surface area contributed by atoms with Crippen LogP contribution in [0.15, 0.2) is 36.0 Å². The Morgan fingerprint density at radius 1 is 1.06 bits per heavy atom. The normalized spacial score (nSPS) is 19.7. The van der Waals surface area contributed by atoms with Crippen molar-refractivity contribution in [1.82, 2.24) is 4.98 Å². The number of fused-ring (bicyclic) bond motifs is 1. The van der Waals surface area contributed by atoms with E-state index in [0.717, 1.165) is 46.4 Å². The molecule has 0 radical (unpaired) electrons. The highest BCUT2D eigenvalue weighted by atomic mass is 19.4. The van der Waals surface area contributed by atoms with Crippen LogP contribution >= 0.6 is 0 Å². The van der Waals surface area contributed by atoms with Gasteiger partial charge in [0, 0.05) is 30.5 Å². The molecule has 35 heavy (non-hydrogen) atoms. The number of esters is 1. The Hall–Kier alpha value is -2.96. The molecule has 1 aromatic carbocycles. The SMILES string of the molecule is COC(=O)C1=Cc2cc(CCc3cc(CC(=O)C4CCC(C(F)(F)F)CC4)ccc3C)cnc2C1. The number of rotatable bonds is 7. The number of pyridine rings is 1. The zero-order chi connectivity index (χ0) is 25.2. The van der Waals surface area contributed by atoms with Gasteiger partial charge in [-0.2, -0.15) is 13.2 Å². The number of halogens is 3. The van der Waals surface area contributed by atoms with Gasteiger partial charge in [0.2, 0.25) is 0 Å². The number of aromatic nitrogens is 1. The van der Waals surface area contributed by atoms with Gasteiger partial charge in [-0.05, 0) is 85.4 Å². The molecule has 0 aliphatic heterocycles. The fraction of sp³-hybridized carbons (Fsp3) is 0.464. The van der Waals surface area contributed by atoms with E-state index in [2.05, 4.69) is 11.1 Å².